The number of nitrogens with one attached hydrogen (secondary N) is 1. The maximum Gasteiger partial charge on any atom is 0.223 e. The van der Waals surface area contributed by atoms with Crippen LogP contribution in [0.3, 0.4) is 0 Å². The molecule has 5 heteroatoms. The van der Waals surface area contributed by atoms with Crippen LogP contribution < -0.4 is 5.32 Å². The summed E-state index contributed by atoms with van der Waals surface area (Å²) in [6.45, 7) is 2.45. The first-order chi connectivity index (χ1) is 12.3. The van der Waals surface area contributed by atoms with E-state index in [1.54, 1.807) is 0 Å². The quantitative estimate of drug-likeness (QED) is 0.931. The number of benzene rings is 1. The number of hydrogen-bond acceptors (Lipinski definition) is 4. The Labute approximate surface area is 148 Å². The van der Waals surface area contributed by atoms with Crippen molar-refractivity contribution in [3.63, 3.8) is 0 Å². The fourth-order valence-electron chi connectivity index (χ4n) is 3.67. The summed E-state index contributed by atoms with van der Waals surface area (Å²) in [7, 11) is 0. The number of hydrogen-bond donors (Lipinski definition) is 1. The first-order valence-electron chi connectivity index (χ1n) is 9.19. The van der Waals surface area contributed by atoms with Crippen LogP contribution in [0.25, 0.3) is 0 Å². The van der Waals surface area contributed by atoms with Crippen LogP contribution >= 0.6 is 0 Å². The van der Waals surface area contributed by atoms with Gasteiger partial charge in [-0.1, -0.05) is 30.3 Å². The molecule has 4 rings (SSSR count). The summed E-state index contributed by atoms with van der Waals surface area (Å²) in [5.74, 6) is 1.14. The van der Waals surface area contributed by atoms with E-state index in [0.29, 0.717) is 19.0 Å². The largest absolute Gasteiger partial charge is 0.338 e. The molecule has 130 valence electrons. The Morgan fingerprint density at radius 3 is 2.96 bits per heavy atom. The van der Waals surface area contributed by atoms with E-state index in [0.717, 1.165) is 49.4 Å². The van der Waals surface area contributed by atoms with Gasteiger partial charge in [-0.3, -0.25) is 4.79 Å². The van der Waals surface area contributed by atoms with Crippen LogP contribution in [-0.4, -0.2) is 33.9 Å². The maximum atomic E-state index is 12.5. The Morgan fingerprint density at radius 2 is 2.16 bits per heavy atom. The van der Waals surface area contributed by atoms with E-state index in [-0.39, 0.29) is 5.91 Å². The molecule has 2 aromatic rings. The lowest BCUT2D eigenvalue weighted by Crippen LogP contribution is -2.37. The zero-order valence-corrected chi connectivity index (χ0v) is 14.4. The first kappa shape index (κ1) is 16.2. The Kier molecular flexibility index (Phi) is 4.74. The molecular formula is C20H24N4O. The molecule has 0 spiro atoms. The predicted octanol–water partition coefficient (Wildman–Crippen LogP) is 2.42. The van der Waals surface area contributed by atoms with Crippen LogP contribution in [0.1, 0.15) is 47.9 Å². The number of carbonyl (C=O) groups is 1. The normalized spacial score (nSPS) is 19.7. The fourth-order valence-corrected chi connectivity index (χ4v) is 3.67. The molecule has 1 fully saturated rings. The summed E-state index contributed by atoms with van der Waals surface area (Å²) in [6.07, 6.45) is 6.41. The highest BCUT2D eigenvalue weighted by atomic mass is 16.2. The third-order valence-electron chi connectivity index (χ3n) is 5.15. The molecule has 1 aromatic heterocycles. The Hall–Kier alpha value is -2.27. The van der Waals surface area contributed by atoms with E-state index in [2.05, 4.69) is 22.4 Å². The lowest BCUT2D eigenvalue weighted by atomic mass is 10.0. The van der Waals surface area contributed by atoms with E-state index < -0.39 is 0 Å². The maximum absolute atomic E-state index is 12.5. The fraction of sp³-hybridized carbons (Fsp3) is 0.450. The molecule has 1 N–H and O–H groups in total. The number of rotatable bonds is 4. The predicted molar refractivity (Wildman–Crippen MR) is 95.9 cm³/mol. The third-order valence-corrected chi connectivity index (χ3v) is 5.15. The zero-order valence-electron chi connectivity index (χ0n) is 14.4. The highest BCUT2D eigenvalue weighted by Crippen LogP contribution is 2.23. The summed E-state index contributed by atoms with van der Waals surface area (Å²) in [4.78, 5) is 23.8. The highest BCUT2D eigenvalue weighted by Gasteiger charge is 2.24. The summed E-state index contributed by atoms with van der Waals surface area (Å²) in [5, 5.41) is 3.45. The van der Waals surface area contributed by atoms with E-state index in [1.165, 1.54) is 12.0 Å². The van der Waals surface area contributed by atoms with Gasteiger partial charge in [0.2, 0.25) is 5.91 Å². The van der Waals surface area contributed by atoms with Crippen molar-refractivity contribution in [2.24, 2.45) is 0 Å². The monoisotopic (exact) mass is 336 g/mol. The molecule has 0 radical (unpaired) electrons. The van der Waals surface area contributed by atoms with Gasteiger partial charge in [-0.15, -0.1) is 0 Å². The van der Waals surface area contributed by atoms with Gasteiger partial charge < -0.3 is 10.2 Å². The van der Waals surface area contributed by atoms with Crippen molar-refractivity contribution in [3.05, 3.63) is 59.2 Å². The second-order valence-electron chi connectivity index (χ2n) is 6.90. The van der Waals surface area contributed by atoms with Crippen LogP contribution in [0.5, 0.6) is 0 Å². The molecule has 3 heterocycles. The van der Waals surface area contributed by atoms with Gasteiger partial charge >= 0.3 is 0 Å². The van der Waals surface area contributed by atoms with Gasteiger partial charge in [-0.25, -0.2) is 9.97 Å². The lowest BCUT2D eigenvalue weighted by molar-refractivity contribution is -0.132. The smallest absolute Gasteiger partial charge is 0.223 e. The molecule has 2 aliphatic rings. The number of carbonyl (C=O) groups excluding carboxylic acids is 1. The molecular weight excluding hydrogens is 312 g/mol. The number of aromatic nitrogens is 2. The lowest BCUT2D eigenvalue weighted by Gasteiger charge is -2.28. The minimum atomic E-state index is 0.219. The van der Waals surface area contributed by atoms with Crippen LogP contribution in [0.15, 0.2) is 36.5 Å². The molecule has 1 amide bonds. The van der Waals surface area contributed by atoms with Gasteiger partial charge in [0, 0.05) is 37.7 Å². The van der Waals surface area contributed by atoms with Crippen molar-refractivity contribution in [3.8, 4) is 0 Å². The molecule has 0 bridgehead atoms. The molecule has 0 aliphatic carbocycles. The minimum absolute atomic E-state index is 0.219. The van der Waals surface area contributed by atoms with Gasteiger partial charge in [0.25, 0.3) is 0 Å². The molecule has 0 saturated carbocycles. The van der Waals surface area contributed by atoms with Crippen LogP contribution in [0, 0.1) is 0 Å². The third kappa shape index (κ3) is 3.71. The standard InChI is InChI=1S/C20H24N4O/c25-19(9-8-15-5-2-1-3-6-15)24-12-10-17-16(14-24)13-22-20(23-17)18-7-4-11-21-18/h1-3,5-6,13,18,21H,4,7-12,14H2. The number of nitrogens with zero attached hydrogens (tertiary/aromatic N) is 3. The minimum Gasteiger partial charge on any atom is -0.338 e. The molecule has 2 aliphatic heterocycles. The van der Waals surface area contributed by atoms with Crippen molar-refractivity contribution >= 4 is 5.91 Å². The number of aryl methyl sites for hydroxylation is 1. The van der Waals surface area contributed by atoms with Crippen LogP contribution in [0.2, 0.25) is 0 Å². The first-order valence-corrected chi connectivity index (χ1v) is 9.19. The molecule has 1 aromatic carbocycles. The SMILES string of the molecule is O=C(CCc1ccccc1)N1CCc2nc(C3CCCN3)ncc2C1. The highest BCUT2D eigenvalue weighted by molar-refractivity contribution is 5.76. The average molecular weight is 336 g/mol. The summed E-state index contributed by atoms with van der Waals surface area (Å²) >= 11 is 0. The van der Waals surface area contributed by atoms with Gasteiger partial charge in [-0.2, -0.15) is 0 Å². The van der Waals surface area contributed by atoms with Crippen LogP contribution in [0.4, 0.5) is 0 Å². The van der Waals surface area contributed by atoms with Crippen molar-refractivity contribution in [1.82, 2.24) is 20.2 Å². The van der Waals surface area contributed by atoms with Crippen LogP contribution in [-0.2, 0) is 24.2 Å². The molecule has 25 heavy (non-hydrogen) atoms. The van der Waals surface area contributed by atoms with Gasteiger partial charge in [0.1, 0.15) is 5.82 Å². The van der Waals surface area contributed by atoms with E-state index in [4.69, 9.17) is 4.98 Å². The van der Waals surface area contributed by atoms with E-state index in [1.807, 2.05) is 29.3 Å². The van der Waals surface area contributed by atoms with E-state index in [9.17, 15) is 4.79 Å². The summed E-state index contributed by atoms with van der Waals surface area (Å²) in [6, 6.07) is 10.5. The molecule has 5 nitrogen and oxygen atoms in total. The summed E-state index contributed by atoms with van der Waals surface area (Å²) < 4.78 is 0. The Morgan fingerprint density at radius 1 is 1.28 bits per heavy atom. The molecule has 1 atom stereocenters. The molecule has 1 unspecified atom stereocenters. The van der Waals surface area contributed by atoms with Crippen molar-refractivity contribution < 1.29 is 4.79 Å². The van der Waals surface area contributed by atoms with Gasteiger partial charge in [0.15, 0.2) is 0 Å². The average Bonchev–Trinajstić information content (AvgIpc) is 3.21. The van der Waals surface area contributed by atoms with Gasteiger partial charge in [0.05, 0.1) is 11.7 Å². The van der Waals surface area contributed by atoms with Crippen molar-refractivity contribution in [1.29, 1.82) is 0 Å². The second kappa shape index (κ2) is 7.31. The van der Waals surface area contributed by atoms with E-state index >= 15 is 0 Å². The number of amides is 1. The zero-order chi connectivity index (χ0) is 17.1. The van der Waals surface area contributed by atoms with Crippen molar-refractivity contribution in [2.75, 3.05) is 13.1 Å². The molecule has 1 saturated heterocycles. The Bertz CT molecular complexity index is 741. The Balaban J connectivity index is 1.38. The van der Waals surface area contributed by atoms with Gasteiger partial charge in [-0.05, 0) is 31.4 Å². The van der Waals surface area contributed by atoms with Crippen molar-refractivity contribution in [2.45, 2.75) is 44.7 Å². The topological polar surface area (TPSA) is 58.1 Å². The number of fused-ring (bicyclic) bond motifs is 1. The second-order valence-corrected chi connectivity index (χ2v) is 6.90. The summed E-state index contributed by atoms with van der Waals surface area (Å²) in [5.41, 5.74) is 3.43.